The Morgan fingerprint density at radius 1 is 1.19 bits per heavy atom. The lowest BCUT2D eigenvalue weighted by molar-refractivity contribution is -0.0172. The number of guanidine groups is 1. The second-order valence-corrected chi connectivity index (χ2v) is 6.20. The Labute approximate surface area is 153 Å². The molecule has 0 saturated carbocycles. The molecule has 1 heterocycles. The summed E-state index contributed by atoms with van der Waals surface area (Å²) in [6, 6.07) is 11.2. The molecule has 2 N–H and O–H groups in total. The zero-order valence-corrected chi connectivity index (χ0v) is 15.1. The van der Waals surface area contributed by atoms with Crippen LogP contribution in [0.3, 0.4) is 0 Å². The monoisotopic (exact) mass is 357 g/mol. The van der Waals surface area contributed by atoms with Crippen molar-refractivity contribution in [3.8, 4) is 5.75 Å². The van der Waals surface area contributed by atoms with E-state index in [0.717, 1.165) is 23.2 Å². The van der Waals surface area contributed by atoms with Crippen molar-refractivity contribution >= 4 is 5.96 Å². The molecule has 2 aromatic rings. The van der Waals surface area contributed by atoms with E-state index in [1.165, 1.54) is 17.7 Å². The van der Waals surface area contributed by atoms with Crippen LogP contribution >= 0.6 is 0 Å². The van der Waals surface area contributed by atoms with Gasteiger partial charge in [0, 0.05) is 24.2 Å². The van der Waals surface area contributed by atoms with Crippen molar-refractivity contribution in [2.75, 3.05) is 13.3 Å². The number of ether oxygens (including phenoxy) is 2. The van der Waals surface area contributed by atoms with E-state index in [0.29, 0.717) is 31.4 Å². The molecule has 2 aromatic carbocycles. The Bertz CT molecular complexity index is 775. The van der Waals surface area contributed by atoms with Gasteiger partial charge in [0.15, 0.2) is 12.8 Å². The summed E-state index contributed by atoms with van der Waals surface area (Å²) in [4.78, 5) is 4.60. The van der Waals surface area contributed by atoms with E-state index >= 15 is 0 Å². The summed E-state index contributed by atoms with van der Waals surface area (Å²) in [5.74, 6) is 1.08. The normalized spacial score (nSPS) is 13.7. The first-order valence-corrected chi connectivity index (χ1v) is 8.75. The smallest absolute Gasteiger partial charge is 0.191 e. The van der Waals surface area contributed by atoms with E-state index in [9.17, 15) is 4.39 Å². The van der Waals surface area contributed by atoms with E-state index in [-0.39, 0.29) is 12.6 Å². The molecule has 0 atom stereocenters. The summed E-state index contributed by atoms with van der Waals surface area (Å²) in [6.45, 7) is 6.35. The zero-order valence-electron chi connectivity index (χ0n) is 15.1. The second-order valence-electron chi connectivity index (χ2n) is 6.20. The Morgan fingerprint density at radius 2 is 2.00 bits per heavy atom. The minimum atomic E-state index is -0.295. The largest absolute Gasteiger partial charge is 0.467 e. The molecular weight excluding hydrogens is 333 g/mol. The fraction of sp³-hybridized carbons (Fsp3) is 0.350. The lowest BCUT2D eigenvalue weighted by Crippen LogP contribution is -2.37. The highest BCUT2D eigenvalue weighted by Crippen LogP contribution is 2.29. The molecule has 0 spiro atoms. The van der Waals surface area contributed by atoms with Gasteiger partial charge in [0.25, 0.3) is 0 Å². The molecule has 26 heavy (non-hydrogen) atoms. The number of benzene rings is 2. The van der Waals surface area contributed by atoms with Crippen LogP contribution in [0.25, 0.3) is 0 Å². The van der Waals surface area contributed by atoms with Crippen LogP contribution in [-0.4, -0.2) is 19.3 Å². The SMILES string of the molecule is CCNC(=NCc1ccc(C)cc1)NCc1cc(F)cc2c1OCOC2. The molecule has 0 bridgehead atoms. The van der Waals surface area contributed by atoms with Crippen LogP contribution in [-0.2, 0) is 24.4 Å². The van der Waals surface area contributed by atoms with Crippen molar-refractivity contribution in [1.82, 2.24) is 10.6 Å². The van der Waals surface area contributed by atoms with Crippen molar-refractivity contribution in [3.63, 3.8) is 0 Å². The Hall–Kier alpha value is -2.60. The van der Waals surface area contributed by atoms with Crippen molar-refractivity contribution in [1.29, 1.82) is 0 Å². The van der Waals surface area contributed by atoms with Gasteiger partial charge in [0.05, 0.1) is 13.2 Å². The van der Waals surface area contributed by atoms with Gasteiger partial charge in [-0.05, 0) is 31.5 Å². The number of halogens is 1. The van der Waals surface area contributed by atoms with Crippen LogP contribution in [0.15, 0.2) is 41.4 Å². The molecular formula is C20H24FN3O2. The van der Waals surface area contributed by atoms with Gasteiger partial charge in [-0.2, -0.15) is 0 Å². The number of hydrogen-bond donors (Lipinski definition) is 2. The van der Waals surface area contributed by atoms with Gasteiger partial charge < -0.3 is 20.1 Å². The first kappa shape index (κ1) is 18.2. The fourth-order valence-corrected chi connectivity index (χ4v) is 2.77. The summed E-state index contributed by atoms with van der Waals surface area (Å²) in [6.07, 6.45) is 0. The second kappa shape index (κ2) is 8.67. The minimum Gasteiger partial charge on any atom is -0.467 e. The molecule has 0 saturated heterocycles. The number of hydrogen-bond acceptors (Lipinski definition) is 3. The molecule has 0 aliphatic carbocycles. The number of rotatable bonds is 5. The molecule has 5 nitrogen and oxygen atoms in total. The Kier molecular flexibility index (Phi) is 6.07. The van der Waals surface area contributed by atoms with E-state index < -0.39 is 0 Å². The van der Waals surface area contributed by atoms with Crippen molar-refractivity contribution in [2.24, 2.45) is 4.99 Å². The van der Waals surface area contributed by atoms with E-state index in [4.69, 9.17) is 9.47 Å². The molecule has 1 aliphatic rings. The van der Waals surface area contributed by atoms with E-state index in [1.54, 1.807) is 0 Å². The first-order valence-electron chi connectivity index (χ1n) is 8.75. The summed E-state index contributed by atoms with van der Waals surface area (Å²) in [7, 11) is 0. The maximum Gasteiger partial charge on any atom is 0.191 e. The van der Waals surface area contributed by atoms with Crippen LogP contribution in [0, 0.1) is 12.7 Å². The highest BCUT2D eigenvalue weighted by Gasteiger charge is 2.17. The molecule has 0 unspecified atom stereocenters. The summed E-state index contributed by atoms with van der Waals surface area (Å²) < 4.78 is 24.6. The van der Waals surface area contributed by atoms with Crippen LogP contribution in [0.1, 0.15) is 29.2 Å². The van der Waals surface area contributed by atoms with Crippen LogP contribution in [0.4, 0.5) is 4.39 Å². The molecule has 0 aromatic heterocycles. The van der Waals surface area contributed by atoms with Crippen LogP contribution in [0.5, 0.6) is 5.75 Å². The summed E-state index contributed by atoms with van der Waals surface area (Å²) >= 11 is 0. The number of nitrogens with one attached hydrogen (secondary N) is 2. The molecule has 0 amide bonds. The number of nitrogens with zero attached hydrogens (tertiary/aromatic N) is 1. The van der Waals surface area contributed by atoms with Gasteiger partial charge in [-0.15, -0.1) is 0 Å². The summed E-state index contributed by atoms with van der Waals surface area (Å²) in [5, 5.41) is 6.46. The minimum absolute atomic E-state index is 0.188. The lowest BCUT2D eigenvalue weighted by Gasteiger charge is -2.21. The van der Waals surface area contributed by atoms with Gasteiger partial charge >= 0.3 is 0 Å². The third-order valence-electron chi connectivity index (χ3n) is 4.08. The molecule has 138 valence electrons. The Morgan fingerprint density at radius 3 is 2.77 bits per heavy atom. The van der Waals surface area contributed by atoms with Crippen molar-refractivity contribution in [3.05, 3.63) is 64.5 Å². The predicted octanol–water partition coefficient (Wildman–Crippen LogP) is 3.26. The molecule has 1 aliphatic heterocycles. The lowest BCUT2D eigenvalue weighted by atomic mass is 10.1. The first-order chi connectivity index (χ1) is 12.7. The van der Waals surface area contributed by atoms with Gasteiger partial charge in [0.2, 0.25) is 0 Å². The quantitative estimate of drug-likeness (QED) is 0.637. The molecule has 6 heteroatoms. The maximum absolute atomic E-state index is 13.8. The standard InChI is InChI=1S/C20H24FN3O2/c1-3-22-20(23-10-15-6-4-14(2)5-7-15)24-11-16-8-18(21)9-17-12-25-13-26-19(16)17/h4-9H,3,10-13H2,1-2H3,(H2,22,23,24). The number of fused-ring (bicyclic) bond motifs is 1. The number of aliphatic imine (C=N–C) groups is 1. The third kappa shape index (κ3) is 4.73. The van der Waals surface area contributed by atoms with E-state index in [2.05, 4.69) is 46.8 Å². The highest BCUT2D eigenvalue weighted by atomic mass is 19.1. The fourth-order valence-electron chi connectivity index (χ4n) is 2.77. The molecule has 0 radical (unpaired) electrons. The van der Waals surface area contributed by atoms with Gasteiger partial charge in [-0.25, -0.2) is 9.38 Å². The van der Waals surface area contributed by atoms with E-state index in [1.807, 2.05) is 6.92 Å². The zero-order chi connectivity index (χ0) is 18.4. The van der Waals surface area contributed by atoms with Crippen LogP contribution < -0.4 is 15.4 Å². The van der Waals surface area contributed by atoms with Gasteiger partial charge in [-0.3, -0.25) is 0 Å². The Balaban J connectivity index is 1.70. The average Bonchev–Trinajstić information content (AvgIpc) is 2.65. The van der Waals surface area contributed by atoms with Gasteiger partial charge in [-0.1, -0.05) is 29.8 Å². The number of aryl methyl sites for hydroxylation is 1. The van der Waals surface area contributed by atoms with Crippen molar-refractivity contribution in [2.45, 2.75) is 33.5 Å². The van der Waals surface area contributed by atoms with Gasteiger partial charge in [0.1, 0.15) is 11.6 Å². The third-order valence-corrected chi connectivity index (χ3v) is 4.08. The molecule has 0 fully saturated rings. The highest BCUT2D eigenvalue weighted by molar-refractivity contribution is 5.79. The average molecular weight is 357 g/mol. The maximum atomic E-state index is 13.8. The predicted molar refractivity (Wildman–Crippen MR) is 99.5 cm³/mol. The van der Waals surface area contributed by atoms with Crippen molar-refractivity contribution < 1.29 is 13.9 Å². The summed E-state index contributed by atoms with van der Waals surface area (Å²) in [5.41, 5.74) is 3.85. The van der Waals surface area contributed by atoms with Crippen LogP contribution in [0.2, 0.25) is 0 Å². The topological polar surface area (TPSA) is 54.9 Å². The molecule has 3 rings (SSSR count).